The minimum atomic E-state index is 0.571. The number of hydrogen-bond acceptors (Lipinski definition) is 1. The molecule has 0 fully saturated rings. The van der Waals surface area contributed by atoms with E-state index in [2.05, 4.69) is 52.0 Å². The molecule has 1 nitrogen and oxygen atoms in total. The topological polar surface area (TPSA) is 9.23 Å². The second kappa shape index (κ2) is 6.48. The van der Waals surface area contributed by atoms with Crippen LogP contribution >= 0.6 is 0 Å². The molecule has 0 amide bonds. The molecule has 0 aliphatic carbocycles. The molecule has 0 saturated heterocycles. The first kappa shape index (κ1) is 13.8. The van der Waals surface area contributed by atoms with Crippen molar-refractivity contribution < 1.29 is 4.74 Å². The van der Waals surface area contributed by atoms with Gasteiger partial charge in [0.1, 0.15) is 5.75 Å². The Labute approximate surface area is 106 Å². The maximum absolute atomic E-state index is 5.57. The molecule has 0 aliphatic heterocycles. The van der Waals surface area contributed by atoms with Gasteiger partial charge < -0.3 is 4.74 Å². The maximum Gasteiger partial charge on any atom is 0.119 e. The summed E-state index contributed by atoms with van der Waals surface area (Å²) in [4.78, 5) is 0. The lowest BCUT2D eigenvalue weighted by Gasteiger charge is -2.18. The van der Waals surface area contributed by atoms with E-state index in [1.165, 1.54) is 16.7 Å². The Bertz CT molecular complexity index is 368. The van der Waals surface area contributed by atoms with Crippen LogP contribution in [-0.4, -0.2) is 6.61 Å². The van der Waals surface area contributed by atoms with Crippen molar-refractivity contribution in [3.8, 4) is 5.75 Å². The molecule has 1 atom stereocenters. The molecule has 0 aromatic heterocycles. The average molecular weight is 232 g/mol. The van der Waals surface area contributed by atoms with E-state index in [1.807, 2.05) is 6.92 Å². The standard InChI is InChI=1S/C16H24O/c1-6-8-9-12(3)16-13(4)10-15(17-7-2)11-14(16)5/h6,8,10-12H,7,9H2,1-5H3/b8-6-. The van der Waals surface area contributed by atoms with Gasteiger partial charge in [-0.25, -0.2) is 0 Å². The lowest BCUT2D eigenvalue weighted by molar-refractivity contribution is 0.339. The van der Waals surface area contributed by atoms with Gasteiger partial charge in [0.25, 0.3) is 0 Å². The molecule has 1 unspecified atom stereocenters. The van der Waals surface area contributed by atoms with Gasteiger partial charge in [-0.15, -0.1) is 0 Å². The van der Waals surface area contributed by atoms with Crippen LogP contribution in [-0.2, 0) is 0 Å². The van der Waals surface area contributed by atoms with Crippen molar-refractivity contribution >= 4 is 0 Å². The van der Waals surface area contributed by atoms with Crippen molar-refractivity contribution in [2.24, 2.45) is 0 Å². The summed E-state index contributed by atoms with van der Waals surface area (Å²) in [6.45, 7) is 11.5. The number of allylic oxidation sites excluding steroid dienone is 2. The molecular weight excluding hydrogens is 208 g/mol. The molecule has 94 valence electrons. The highest BCUT2D eigenvalue weighted by Crippen LogP contribution is 2.30. The molecule has 1 heteroatoms. The number of aryl methyl sites for hydroxylation is 2. The van der Waals surface area contributed by atoms with Gasteiger partial charge in [0.15, 0.2) is 0 Å². The molecule has 0 N–H and O–H groups in total. The average Bonchev–Trinajstić information content (AvgIpc) is 2.25. The van der Waals surface area contributed by atoms with E-state index in [4.69, 9.17) is 4.74 Å². The zero-order valence-electron chi connectivity index (χ0n) is 11.7. The third-order valence-corrected chi connectivity index (χ3v) is 3.10. The summed E-state index contributed by atoms with van der Waals surface area (Å²) in [5.41, 5.74) is 4.14. The van der Waals surface area contributed by atoms with Gasteiger partial charge in [-0.3, -0.25) is 0 Å². The van der Waals surface area contributed by atoms with Gasteiger partial charge >= 0.3 is 0 Å². The second-order valence-electron chi connectivity index (χ2n) is 4.61. The summed E-state index contributed by atoms with van der Waals surface area (Å²) < 4.78 is 5.57. The van der Waals surface area contributed by atoms with Gasteiger partial charge in [0.05, 0.1) is 6.61 Å². The molecule has 0 saturated carbocycles. The summed E-state index contributed by atoms with van der Waals surface area (Å²) in [5, 5.41) is 0. The fourth-order valence-electron chi connectivity index (χ4n) is 2.42. The largest absolute Gasteiger partial charge is 0.494 e. The molecule has 0 aliphatic rings. The number of ether oxygens (including phenoxy) is 1. The van der Waals surface area contributed by atoms with Gasteiger partial charge in [0.2, 0.25) is 0 Å². The van der Waals surface area contributed by atoms with Crippen LogP contribution < -0.4 is 4.74 Å². The molecule has 1 aromatic carbocycles. The van der Waals surface area contributed by atoms with Gasteiger partial charge in [-0.05, 0) is 68.9 Å². The van der Waals surface area contributed by atoms with Gasteiger partial charge in [0, 0.05) is 0 Å². The molecule has 1 aromatic rings. The summed E-state index contributed by atoms with van der Waals surface area (Å²) in [6.07, 6.45) is 5.46. The fourth-order valence-corrected chi connectivity index (χ4v) is 2.42. The number of rotatable bonds is 5. The first-order valence-corrected chi connectivity index (χ1v) is 6.45. The minimum absolute atomic E-state index is 0.571. The molecule has 17 heavy (non-hydrogen) atoms. The highest BCUT2D eigenvalue weighted by molar-refractivity contribution is 5.43. The summed E-state index contributed by atoms with van der Waals surface area (Å²) in [7, 11) is 0. The second-order valence-corrected chi connectivity index (χ2v) is 4.61. The van der Waals surface area contributed by atoms with E-state index < -0.39 is 0 Å². The first-order valence-electron chi connectivity index (χ1n) is 6.45. The van der Waals surface area contributed by atoms with Crippen molar-refractivity contribution in [2.75, 3.05) is 6.61 Å². The summed E-state index contributed by atoms with van der Waals surface area (Å²) in [6, 6.07) is 4.30. The van der Waals surface area contributed by atoms with Crippen molar-refractivity contribution in [2.45, 2.75) is 47.0 Å². The van der Waals surface area contributed by atoms with Crippen LogP contribution in [0.15, 0.2) is 24.3 Å². The summed E-state index contributed by atoms with van der Waals surface area (Å²) >= 11 is 0. The molecule has 0 heterocycles. The van der Waals surface area contributed by atoms with Crippen molar-refractivity contribution in [1.29, 1.82) is 0 Å². The van der Waals surface area contributed by atoms with Crippen molar-refractivity contribution in [3.05, 3.63) is 41.0 Å². The van der Waals surface area contributed by atoms with E-state index >= 15 is 0 Å². The van der Waals surface area contributed by atoms with Crippen LogP contribution in [0.2, 0.25) is 0 Å². The van der Waals surface area contributed by atoms with E-state index in [1.54, 1.807) is 0 Å². The SMILES string of the molecule is C/C=C\CC(C)c1c(C)cc(OCC)cc1C. The normalized spacial score (nSPS) is 13.0. The smallest absolute Gasteiger partial charge is 0.119 e. The van der Waals surface area contributed by atoms with Crippen LogP contribution in [0.3, 0.4) is 0 Å². The van der Waals surface area contributed by atoms with E-state index in [0.717, 1.165) is 18.8 Å². The highest BCUT2D eigenvalue weighted by atomic mass is 16.5. The van der Waals surface area contributed by atoms with Crippen LogP contribution in [0.1, 0.15) is 49.8 Å². The third-order valence-electron chi connectivity index (χ3n) is 3.10. The molecule has 0 radical (unpaired) electrons. The molecule has 0 bridgehead atoms. The highest BCUT2D eigenvalue weighted by Gasteiger charge is 2.11. The summed E-state index contributed by atoms with van der Waals surface area (Å²) in [5.74, 6) is 1.56. The van der Waals surface area contributed by atoms with E-state index in [0.29, 0.717) is 5.92 Å². The zero-order valence-corrected chi connectivity index (χ0v) is 11.7. The predicted molar refractivity (Wildman–Crippen MR) is 74.9 cm³/mol. The zero-order chi connectivity index (χ0) is 12.8. The van der Waals surface area contributed by atoms with Crippen molar-refractivity contribution in [3.63, 3.8) is 0 Å². The molecule has 0 spiro atoms. The lowest BCUT2D eigenvalue weighted by atomic mass is 9.89. The van der Waals surface area contributed by atoms with Crippen LogP contribution in [0.4, 0.5) is 0 Å². The Morgan fingerprint density at radius 3 is 2.29 bits per heavy atom. The fraction of sp³-hybridized carbons (Fsp3) is 0.500. The third kappa shape index (κ3) is 3.62. The van der Waals surface area contributed by atoms with Gasteiger partial charge in [-0.2, -0.15) is 0 Å². The van der Waals surface area contributed by atoms with Crippen molar-refractivity contribution in [1.82, 2.24) is 0 Å². The number of benzene rings is 1. The Morgan fingerprint density at radius 2 is 1.82 bits per heavy atom. The van der Waals surface area contributed by atoms with Crippen LogP contribution in [0.25, 0.3) is 0 Å². The minimum Gasteiger partial charge on any atom is -0.494 e. The Kier molecular flexibility index (Phi) is 5.27. The maximum atomic E-state index is 5.57. The Morgan fingerprint density at radius 1 is 1.24 bits per heavy atom. The Balaban J connectivity index is 3.00. The molecular formula is C16H24O. The van der Waals surface area contributed by atoms with Gasteiger partial charge in [-0.1, -0.05) is 19.1 Å². The Hall–Kier alpha value is -1.24. The molecule has 1 rings (SSSR count). The predicted octanol–water partition coefficient (Wildman–Crippen LogP) is 4.77. The van der Waals surface area contributed by atoms with Crippen LogP contribution in [0, 0.1) is 13.8 Å². The quantitative estimate of drug-likeness (QED) is 0.664. The first-order chi connectivity index (χ1) is 8.10. The monoisotopic (exact) mass is 232 g/mol. The van der Waals surface area contributed by atoms with E-state index in [9.17, 15) is 0 Å². The van der Waals surface area contributed by atoms with Crippen LogP contribution in [0.5, 0.6) is 5.75 Å². The number of hydrogen-bond donors (Lipinski definition) is 0. The lowest BCUT2D eigenvalue weighted by Crippen LogP contribution is -2.01. The van der Waals surface area contributed by atoms with E-state index in [-0.39, 0.29) is 0 Å².